The van der Waals surface area contributed by atoms with Crippen LogP contribution in [-0.4, -0.2) is 35.2 Å². The summed E-state index contributed by atoms with van der Waals surface area (Å²) < 4.78 is 21.3. The second-order valence-electron chi connectivity index (χ2n) is 4.50. The van der Waals surface area contributed by atoms with Crippen LogP contribution in [0, 0.1) is 10.1 Å². The summed E-state index contributed by atoms with van der Waals surface area (Å²) in [5, 5.41) is 12.9. The summed E-state index contributed by atoms with van der Waals surface area (Å²) in [5.41, 5.74) is -0.480. The Labute approximate surface area is 120 Å². The quantitative estimate of drug-likeness (QED) is 0.508. The van der Waals surface area contributed by atoms with Gasteiger partial charge in [0.25, 0.3) is 0 Å². The molecule has 20 heavy (non-hydrogen) atoms. The van der Waals surface area contributed by atoms with Gasteiger partial charge in [0.2, 0.25) is 11.7 Å². The maximum absolute atomic E-state index is 12.0. The molecular weight excluding hydrogens is 310 g/mol. The van der Waals surface area contributed by atoms with Crippen LogP contribution in [0.1, 0.15) is 13.8 Å². The molecule has 0 saturated heterocycles. The number of rotatable bonds is 4. The average molecular weight is 322 g/mol. The van der Waals surface area contributed by atoms with Crippen molar-refractivity contribution in [3.8, 4) is 0 Å². The Bertz CT molecular complexity index is 671. The van der Waals surface area contributed by atoms with Gasteiger partial charge in [0.15, 0.2) is 9.84 Å². The van der Waals surface area contributed by atoms with Crippen LogP contribution in [0.25, 0.3) is 0 Å². The standard InChI is InChI=1S/C10H12ClN3O5S/c1-10(2,20(3,18)19)9(15)13-8-6(14(16)17)4-5-7(11)12-8/h4-5H,1-3H3,(H,12,13,15). The molecule has 0 fully saturated rings. The number of hydrogen-bond donors (Lipinski definition) is 1. The van der Waals surface area contributed by atoms with Crippen molar-refractivity contribution < 1.29 is 18.1 Å². The number of amides is 1. The van der Waals surface area contributed by atoms with Gasteiger partial charge < -0.3 is 5.32 Å². The number of carbonyl (C=O) groups is 1. The molecule has 110 valence electrons. The molecule has 1 rings (SSSR count). The zero-order valence-corrected chi connectivity index (χ0v) is 12.4. The van der Waals surface area contributed by atoms with Crippen LogP contribution in [-0.2, 0) is 14.6 Å². The third kappa shape index (κ3) is 3.23. The van der Waals surface area contributed by atoms with Gasteiger partial charge >= 0.3 is 5.69 Å². The molecule has 0 aromatic carbocycles. The highest BCUT2D eigenvalue weighted by Crippen LogP contribution is 2.26. The van der Waals surface area contributed by atoms with Crippen LogP contribution in [0.5, 0.6) is 0 Å². The molecule has 0 unspecified atom stereocenters. The van der Waals surface area contributed by atoms with Gasteiger partial charge in [-0.1, -0.05) is 11.6 Å². The Balaban J connectivity index is 3.21. The Morgan fingerprint density at radius 3 is 2.45 bits per heavy atom. The minimum Gasteiger partial charge on any atom is -0.304 e. The maximum Gasteiger partial charge on any atom is 0.311 e. The molecule has 0 atom stereocenters. The first-order valence-electron chi connectivity index (χ1n) is 5.29. The molecule has 1 N–H and O–H groups in total. The Morgan fingerprint density at radius 2 is 2.00 bits per heavy atom. The van der Waals surface area contributed by atoms with Gasteiger partial charge in [-0.15, -0.1) is 0 Å². The smallest absolute Gasteiger partial charge is 0.304 e. The zero-order chi connectivity index (χ0) is 15.7. The zero-order valence-electron chi connectivity index (χ0n) is 10.9. The van der Waals surface area contributed by atoms with Gasteiger partial charge in [0.1, 0.15) is 9.90 Å². The van der Waals surface area contributed by atoms with Crippen LogP contribution < -0.4 is 5.32 Å². The molecule has 1 aromatic rings. The summed E-state index contributed by atoms with van der Waals surface area (Å²) in [7, 11) is -3.71. The van der Waals surface area contributed by atoms with Crippen molar-refractivity contribution in [2.24, 2.45) is 0 Å². The normalized spacial score (nSPS) is 12.0. The van der Waals surface area contributed by atoms with Crippen molar-refractivity contribution in [1.82, 2.24) is 4.98 Å². The molecule has 8 nitrogen and oxygen atoms in total. The van der Waals surface area contributed by atoms with E-state index in [2.05, 4.69) is 10.3 Å². The average Bonchev–Trinajstić information content (AvgIpc) is 2.26. The second kappa shape index (κ2) is 5.33. The van der Waals surface area contributed by atoms with E-state index in [1.165, 1.54) is 19.9 Å². The molecule has 0 aliphatic heterocycles. The summed E-state index contributed by atoms with van der Waals surface area (Å²) in [4.78, 5) is 25.7. The lowest BCUT2D eigenvalue weighted by Crippen LogP contribution is -2.44. The van der Waals surface area contributed by atoms with Gasteiger partial charge in [-0.25, -0.2) is 13.4 Å². The summed E-state index contributed by atoms with van der Waals surface area (Å²) in [6.07, 6.45) is 0.895. The summed E-state index contributed by atoms with van der Waals surface area (Å²) >= 11 is 5.61. The largest absolute Gasteiger partial charge is 0.311 e. The van der Waals surface area contributed by atoms with Crippen LogP contribution in [0.4, 0.5) is 11.5 Å². The Kier molecular flexibility index (Phi) is 4.35. The first-order chi connectivity index (χ1) is 8.96. The number of nitrogens with one attached hydrogen (secondary N) is 1. The number of anilines is 1. The van der Waals surface area contributed by atoms with E-state index >= 15 is 0 Å². The lowest BCUT2D eigenvalue weighted by atomic mass is 10.2. The highest BCUT2D eigenvalue weighted by molar-refractivity contribution is 7.92. The maximum atomic E-state index is 12.0. The molecule has 0 bridgehead atoms. The first kappa shape index (κ1) is 16.3. The van der Waals surface area contributed by atoms with Gasteiger partial charge in [0, 0.05) is 12.3 Å². The van der Waals surface area contributed by atoms with Crippen LogP contribution in [0.2, 0.25) is 5.15 Å². The van der Waals surface area contributed by atoms with Crippen molar-refractivity contribution in [1.29, 1.82) is 0 Å². The van der Waals surface area contributed by atoms with Gasteiger partial charge in [-0.3, -0.25) is 14.9 Å². The number of carbonyl (C=O) groups excluding carboxylic acids is 1. The summed E-state index contributed by atoms with van der Waals surface area (Å²) in [5.74, 6) is -1.33. The summed E-state index contributed by atoms with van der Waals surface area (Å²) in [6, 6.07) is 2.26. The number of hydrogen-bond acceptors (Lipinski definition) is 6. The number of nitrogens with zero attached hydrogens (tertiary/aromatic N) is 2. The van der Waals surface area contributed by atoms with Crippen LogP contribution >= 0.6 is 11.6 Å². The van der Waals surface area contributed by atoms with Crippen LogP contribution in [0.15, 0.2) is 12.1 Å². The second-order valence-corrected chi connectivity index (χ2v) is 7.45. The molecule has 0 saturated carbocycles. The van der Waals surface area contributed by atoms with E-state index in [-0.39, 0.29) is 5.15 Å². The van der Waals surface area contributed by atoms with Crippen molar-refractivity contribution in [3.63, 3.8) is 0 Å². The van der Waals surface area contributed by atoms with E-state index in [0.29, 0.717) is 0 Å². The number of sulfone groups is 1. The van der Waals surface area contributed by atoms with Gasteiger partial charge in [-0.2, -0.15) is 0 Å². The molecule has 10 heteroatoms. The minimum absolute atomic E-state index is 0.0666. The van der Waals surface area contributed by atoms with Crippen molar-refractivity contribution >= 4 is 38.9 Å². The fourth-order valence-corrected chi connectivity index (χ4v) is 1.63. The van der Waals surface area contributed by atoms with Crippen molar-refractivity contribution in [2.45, 2.75) is 18.6 Å². The summed E-state index contributed by atoms with van der Waals surface area (Å²) in [6.45, 7) is 2.38. The van der Waals surface area contributed by atoms with E-state index in [9.17, 15) is 23.3 Å². The van der Waals surface area contributed by atoms with Gasteiger partial charge in [0.05, 0.1) is 4.92 Å². The number of nitro groups is 1. The molecule has 1 aromatic heterocycles. The molecule has 1 heterocycles. The number of aromatic nitrogens is 1. The third-order valence-electron chi connectivity index (χ3n) is 2.74. The van der Waals surface area contributed by atoms with E-state index < -0.39 is 36.9 Å². The number of halogens is 1. The van der Waals surface area contributed by atoms with Crippen LogP contribution in [0.3, 0.4) is 0 Å². The van der Waals surface area contributed by atoms with E-state index in [1.54, 1.807) is 0 Å². The minimum atomic E-state index is -3.71. The van der Waals surface area contributed by atoms with E-state index in [4.69, 9.17) is 11.6 Å². The van der Waals surface area contributed by atoms with E-state index in [1.807, 2.05) is 0 Å². The fourth-order valence-electron chi connectivity index (χ4n) is 1.09. The highest BCUT2D eigenvalue weighted by atomic mass is 35.5. The van der Waals surface area contributed by atoms with Gasteiger partial charge in [-0.05, 0) is 19.9 Å². The monoisotopic (exact) mass is 321 g/mol. The molecule has 1 amide bonds. The Morgan fingerprint density at radius 1 is 1.45 bits per heavy atom. The Hall–Kier alpha value is -1.74. The topological polar surface area (TPSA) is 119 Å². The SMILES string of the molecule is CC(C)(C(=O)Nc1nc(Cl)ccc1[N+](=O)[O-])S(C)(=O)=O. The van der Waals surface area contributed by atoms with Crippen molar-refractivity contribution in [2.75, 3.05) is 11.6 Å². The fraction of sp³-hybridized carbons (Fsp3) is 0.400. The molecular formula is C10H12ClN3O5S. The molecule has 0 aliphatic rings. The first-order valence-corrected chi connectivity index (χ1v) is 7.55. The predicted molar refractivity (Wildman–Crippen MR) is 73.5 cm³/mol. The highest BCUT2D eigenvalue weighted by Gasteiger charge is 2.39. The molecule has 0 spiro atoms. The molecule has 0 aliphatic carbocycles. The number of pyridine rings is 1. The lowest BCUT2D eigenvalue weighted by Gasteiger charge is -2.20. The lowest BCUT2D eigenvalue weighted by molar-refractivity contribution is -0.384. The van der Waals surface area contributed by atoms with E-state index in [0.717, 1.165) is 12.3 Å². The van der Waals surface area contributed by atoms with Crippen molar-refractivity contribution in [3.05, 3.63) is 27.4 Å². The third-order valence-corrected chi connectivity index (χ3v) is 4.99. The predicted octanol–water partition coefficient (Wildman–Crippen LogP) is 1.40. The molecule has 0 radical (unpaired) electrons.